The Balaban J connectivity index is 0.00000300. The number of aliphatic imine (C=N–C) groups is 1. The third-order valence-corrected chi connectivity index (χ3v) is 5.00. The summed E-state index contributed by atoms with van der Waals surface area (Å²) < 4.78 is 16.0. The van der Waals surface area contributed by atoms with E-state index in [0.717, 1.165) is 62.1 Å². The number of halogens is 2. The minimum absolute atomic E-state index is 0. The van der Waals surface area contributed by atoms with Crippen molar-refractivity contribution >= 4 is 29.9 Å². The number of guanidine groups is 1. The number of aryl methyl sites for hydroxylation is 2. The van der Waals surface area contributed by atoms with Crippen molar-refractivity contribution in [3.05, 3.63) is 47.3 Å². The second-order valence-corrected chi connectivity index (χ2v) is 7.13. The smallest absolute Gasteiger partial charge is 0.191 e. The van der Waals surface area contributed by atoms with Gasteiger partial charge in [0.2, 0.25) is 0 Å². The minimum atomic E-state index is -0.154. The maximum absolute atomic E-state index is 13.7. The zero-order chi connectivity index (χ0) is 19.6. The van der Waals surface area contributed by atoms with Gasteiger partial charge in [-0.25, -0.2) is 4.39 Å². The molecule has 0 radical (unpaired) electrons. The summed E-state index contributed by atoms with van der Waals surface area (Å²) in [5.74, 6) is 2.85. The summed E-state index contributed by atoms with van der Waals surface area (Å²) in [7, 11) is 0. The van der Waals surface area contributed by atoms with Crippen molar-refractivity contribution in [2.75, 3.05) is 19.6 Å². The van der Waals surface area contributed by atoms with Crippen LogP contribution in [0.4, 0.5) is 4.39 Å². The lowest BCUT2D eigenvalue weighted by atomic mass is 10.1. The van der Waals surface area contributed by atoms with Crippen molar-refractivity contribution in [1.82, 2.24) is 25.4 Å². The van der Waals surface area contributed by atoms with Gasteiger partial charge >= 0.3 is 0 Å². The van der Waals surface area contributed by atoms with E-state index in [-0.39, 0.29) is 29.8 Å². The third-order valence-electron chi connectivity index (χ3n) is 5.00. The molecule has 1 aromatic heterocycles. The van der Waals surface area contributed by atoms with Gasteiger partial charge in [-0.05, 0) is 44.2 Å². The summed E-state index contributed by atoms with van der Waals surface area (Å²) in [4.78, 5) is 4.64. The molecule has 29 heavy (non-hydrogen) atoms. The minimum Gasteiger partial charge on any atom is -0.357 e. The molecule has 0 bridgehead atoms. The Kier molecular flexibility index (Phi) is 10.4. The molecule has 2 aromatic rings. The van der Waals surface area contributed by atoms with Crippen LogP contribution in [0, 0.1) is 5.82 Å². The molecule has 0 fully saturated rings. The highest BCUT2D eigenvalue weighted by molar-refractivity contribution is 14.0. The zero-order valence-corrected chi connectivity index (χ0v) is 19.5. The lowest BCUT2D eigenvalue weighted by Crippen LogP contribution is -2.38. The van der Waals surface area contributed by atoms with Gasteiger partial charge in [0.15, 0.2) is 5.96 Å². The molecule has 0 aliphatic carbocycles. The molecule has 6 nitrogen and oxygen atoms in total. The highest BCUT2D eigenvalue weighted by Gasteiger charge is 2.14. The molecule has 0 spiro atoms. The molecule has 0 saturated heterocycles. The van der Waals surface area contributed by atoms with Crippen molar-refractivity contribution in [3.8, 4) is 0 Å². The summed E-state index contributed by atoms with van der Waals surface area (Å²) in [5, 5.41) is 15.3. The van der Waals surface area contributed by atoms with Gasteiger partial charge in [0, 0.05) is 39.0 Å². The molecule has 0 saturated carbocycles. The molecule has 0 amide bonds. The molecule has 2 heterocycles. The van der Waals surface area contributed by atoms with Crippen LogP contribution in [0.5, 0.6) is 0 Å². The third kappa shape index (κ3) is 7.24. The Bertz CT molecular complexity index is 776. The molecular formula is C21H32FIN6. The lowest BCUT2D eigenvalue weighted by molar-refractivity contribution is 0.597. The maximum Gasteiger partial charge on any atom is 0.191 e. The van der Waals surface area contributed by atoms with Crippen LogP contribution in [-0.4, -0.2) is 40.4 Å². The van der Waals surface area contributed by atoms with E-state index in [1.54, 1.807) is 6.07 Å². The van der Waals surface area contributed by atoms with Crippen LogP contribution < -0.4 is 10.6 Å². The first-order valence-electron chi connectivity index (χ1n) is 10.4. The fraction of sp³-hybridized carbons (Fsp3) is 0.571. The molecule has 160 valence electrons. The molecule has 0 unspecified atom stereocenters. The van der Waals surface area contributed by atoms with Crippen LogP contribution in [0.1, 0.15) is 49.8 Å². The van der Waals surface area contributed by atoms with E-state index in [2.05, 4.69) is 30.4 Å². The highest BCUT2D eigenvalue weighted by Crippen LogP contribution is 2.15. The van der Waals surface area contributed by atoms with Gasteiger partial charge < -0.3 is 15.2 Å². The zero-order valence-electron chi connectivity index (χ0n) is 17.2. The fourth-order valence-electron chi connectivity index (χ4n) is 3.52. The van der Waals surface area contributed by atoms with Crippen molar-refractivity contribution in [3.63, 3.8) is 0 Å². The predicted molar refractivity (Wildman–Crippen MR) is 125 cm³/mol. The van der Waals surface area contributed by atoms with Crippen LogP contribution in [-0.2, 0) is 25.8 Å². The monoisotopic (exact) mass is 514 g/mol. The van der Waals surface area contributed by atoms with E-state index in [1.807, 2.05) is 19.1 Å². The topological polar surface area (TPSA) is 67.1 Å². The van der Waals surface area contributed by atoms with E-state index in [9.17, 15) is 4.39 Å². The molecule has 1 aliphatic rings. The summed E-state index contributed by atoms with van der Waals surface area (Å²) in [6, 6.07) is 6.90. The van der Waals surface area contributed by atoms with E-state index in [4.69, 9.17) is 0 Å². The van der Waals surface area contributed by atoms with Gasteiger partial charge in [0.05, 0.1) is 0 Å². The van der Waals surface area contributed by atoms with Crippen molar-refractivity contribution in [1.29, 1.82) is 0 Å². The van der Waals surface area contributed by atoms with Gasteiger partial charge in [0.1, 0.15) is 17.5 Å². The van der Waals surface area contributed by atoms with E-state index in [1.165, 1.54) is 25.3 Å². The maximum atomic E-state index is 13.7. The largest absolute Gasteiger partial charge is 0.357 e. The number of aromatic nitrogens is 3. The molecule has 1 aromatic carbocycles. The van der Waals surface area contributed by atoms with Crippen molar-refractivity contribution < 1.29 is 4.39 Å². The van der Waals surface area contributed by atoms with Gasteiger partial charge in [-0.3, -0.25) is 4.99 Å². The number of nitrogens with zero attached hydrogens (tertiary/aromatic N) is 4. The number of hydrogen-bond donors (Lipinski definition) is 2. The standard InChI is InChI=1S/C21H31FN6.HI/c1-2-23-21(25-15-13-17-9-5-6-10-18(17)22)24-14-8-12-20-27-26-19-11-4-3-7-16-28(19)20;/h5-6,9-10H,2-4,7-8,11-16H2,1H3,(H2,23,24,25);1H. The Morgan fingerprint density at radius 3 is 2.83 bits per heavy atom. The van der Waals surface area contributed by atoms with Crippen LogP contribution in [0.15, 0.2) is 29.3 Å². The van der Waals surface area contributed by atoms with Crippen LogP contribution in [0.25, 0.3) is 0 Å². The Hall–Kier alpha value is -1.71. The normalized spacial score (nSPS) is 13.9. The van der Waals surface area contributed by atoms with Gasteiger partial charge in [0.25, 0.3) is 0 Å². The van der Waals surface area contributed by atoms with Crippen LogP contribution in [0.3, 0.4) is 0 Å². The summed E-state index contributed by atoms with van der Waals surface area (Å²) >= 11 is 0. The molecule has 1 aliphatic heterocycles. The molecule has 2 N–H and O–H groups in total. The molecule has 8 heteroatoms. The number of hydrogen-bond acceptors (Lipinski definition) is 3. The Morgan fingerprint density at radius 2 is 2.00 bits per heavy atom. The summed E-state index contributed by atoms with van der Waals surface area (Å²) in [5.41, 5.74) is 0.721. The van der Waals surface area contributed by atoms with E-state index >= 15 is 0 Å². The number of fused-ring (bicyclic) bond motifs is 1. The van der Waals surface area contributed by atoms with E-state index in [0.29, 0.717) is 13.0 Å². The molecular weight excluding hydrogens is 482 g/mol. The lowest BCUT2D eigenvalue weighted by Gasteiger charge is -2.11. The quantitative estimate of drug-likeness (QED) is 0.245. The van der Waals surface area contributed by atoms with Gasteiger partial charge in [-0.1, -0.05) is 24.6 Å². The van der Waals surface area contributed by atoms with Crippen LogP contribution >= 0.6 is 24.0 Å². The Labute approximate surface area is 189 Å². The predicted octanol–water partition coefficient (Wildman–Crippen LogP) is 3.49. The van der Waals surface area contributed by atoms with Crippen molar-refractivity contribution in [2.45, 2.75) is 58.4 Å². The first-order valence-corrected chi connectivity index (χ1v) is 10.4. The number of nitrogens with one attached hydrogen (secondary N) is 2. The van der Waals surface area contributed by atoms with E-state index < -0.39 is 0 Å². The first kappa shape index (κ1) is 23.6. The average molecular weight is 514 g/mol. The van der Waals surface area contributed by atoms with Gasteiger partial charge in [-0.2, -0.15) is 0 Å². The SMILES string of the molecule is CCNC(=NCCCc1nnc2n1CCCCC2)NCCc1ccccc1F.I. The molecule has 0 atom stereocenters. The van der Waals surface area contributed by atoms with Gasteiger partial charge in [-0.15, -0.1) is 34.2 Å². The van der Waals surface area contributed by atoms with Crippen LogP contribution in [0.2, 0.25) is 0 Å². The van der Waals surface area contributed by atoms with Crippen molar-refractivity contribution in [2.24, 2.45) is 4.99 Å². The number of benzene rings is 1. The first-order chi connectivity index (χ1) is 13.8. The number of rotatable bonds is 8. The fourth-order valence-corrected chi connectivity index (χ4v) is 3.52. The summed E-state index contributed by atoms with van der Waals surface area (Å²) in [6.07, 6.45) is 7.20. The second kappa shape index (κ2) is 12.8. The second-order valence-electron chi connectivity index (χ2n) is 7.13. The average Bonchev–Trinajstić information content (AvgIpc) is 2.93. The molecule has 3 rings (SSSR count). The summed E-state index contributed by atoms with van der Waals surface area (Å²) in [6.45, 7) is 5.24. The Morgan fingerprint density at radius 1 is 1.14 bits per heavy atom. The highest BCUT2D eigenvalue weighted by atomic mass is 127.